The molecule has 0 saturated carbocycles. The lowest BCUT2D eigenvalue weighted by atomic mass is 10.1. The van der Waals surface area contributed by atoms with Gasteiger partial charge >= 0.3 is 5.63 Å². The van der Waals surface area contributed by atoms with Gasteiger partial charge in [0.2, 0.25) is 5.71 Å². The molecule has 1 aliphatic heterocycles. The summed E-state index contributed by atoms with van der Waals surface area (Å²) in [5, 5.41) is 12.6. The first-order chi connectivity index (χ1) is 17.0. The van der Waals surface area contributed by atoms with Crippen LogP contribution in [0.15, 0.2) is 57.9 Å². The topological polar surface area (TPSA) is 90.4 Å². The summed E-state index contributed by atoms with van der Waals surface area (Å²) in [5.74, 6) is 0.135. The third kappa shape index (κ3) is 2.86. The summed E-state index contributed by atoms with van der Waals surface area (Å²) < 4.78 is 28.3. The highest BCUT2D eigenvalue weighted by Crippen LogP contribution is 2.43. The Labute approximate surface area is 201 Å². The van der Waals surface area contributed by atoms with Crippen LogP contribution in [0, 0.1) is 5.82 Å². The lowest BCUT2D eigenvalue weighted by Gasteiger charge is -2.11. The highest BCUT2D eigenvalue weighted by Gasteiger charge is 2.28. The summed E-state index contributed by atoms with van der Waals surface area (Å²) in [5.41, 5.74) is 2.02. The molecule has 0 spiro atoms. The Balaban J connectivity index is 1.60. The number of halogens is 2. The van der Waals surface area contributed by atoms with Crippen molar-refractivity contribution in [3.63, 3.8) is 0 Å². The maximum Gasteiger partial charge on any atom is 0.362 e. The Morgan fingerprint density at radius 2 is 2.06 bits per heavy atom. The van der Waals surface area contributed by atoms with Gasteiger partial charge in [0.25, 0.3) is 0 Å². The van der Waals surface area contributed by atoms with Crippen LogP contribution in [-0.4, -0.2) is 26.2 Å². The van der Waals surface area contributed by atoms with Gasteiger partial charge in [-0.2, -0.15) is 0 Å². The van der Waals surface area contributed by atoms with E-state index >= 15 is 4.39 Å². The fourth-order valence-corrected chi connectivity index (χ4v) is 5.23. The number of hydrogen-bond donors (Lipinski definition) is 1. The van der Waals surface area contributed by atoms with Crippen LogP contribution in [0.1, 0.15) is 11.1 Å². The maximum absolute atomic E-state index is 15.1. The van der Waals surface area contributed by atoms with Gasteiger partial charge in [-0.25, -0.2) is 19.2 Å². The van der Waals surface area contributed by atoms with E-state index in [4.69, 9.17) is 20.8 Å². The van der Waals surface area contributed by atoms with E-state index in [0.29, 0.717) is 57.1 Å². The summed E-state index contributed by atoms with van der Waals surface area (Å²) >= 11 is 6.52. The van der Waals surface area contributed by atoms with Gasteiger partial charge in [0.15, 0.2) is 0 Å². The molecule has 7 rings (SSSR count). The molecule has 0 bridgehead atoms. The highest BCUT2D eigenvalue weighted by molar-refractivity contribution is 6.30. The Kier molecular flexibility index (Phi) is 4.14. The van der Waals surface area contributed by atoms with Crippen LogP contribution in [-0.2, 0) is 13.0 Å². The molecule has 0 radical (unpaired) electrons. The van der Waals surface area contributed by atoms with Crippen molar-refractivity contribution >= 4 is 55.4 Å². The van der Waals surface area contributed by atoms with Gasteiger partial charge in [-0.1, -0.05) is 11.6 Å². The molecule has 9 heteroatoms. The first kappa shape index (κ1) is 20.2. The number of hydrogen-bond acceptors (Lipinski definition) is 6. The Morgan fingerprint density at radius 1 is 1.17 bits per heavy atom. The van der Waals surface area contributed by atoms with Gasteiger partial charge in [0.05, 0.1) is 29.6 Å². The maximum atomic E-state index is 15.1. The molecule has 1 aliphatic rings. The molecular formula is C26H15ClFN3O4. The SMILES string of the molecule is O=c1oc2ncccc2c2c3c4c(c(F)cc3n(Cc3cc5ccc(O)cc5nc3Cl)c12)CCO4. The molecule has 1 N–H and O–H groups in total. The van der Waals surface area contributed by atoms with Crippen LogP contribution in [0.25, 0.3) is 43.8 Å². The normalized spacial score (nSPS) is 13.2. The summed E-state index contributed by atoms with van der Waals surface area (Å²) in [4.78, 5) is 21.9. The highest BCUT2D eigenvalue weighted by atomic mass is 35.5. The predicted molar refractivity (Wildman–Crippen MR) is 130 cm³/mol. The number of fused-ring (bicyclic) bond motifs is 8. The third-order valence-electron chi connectivity index (χ3n) is 6.53. The molecule has 35 heavy (non-hydrogen) atoms. The standard InChI is InChI=1S/C26H15ClFN3O4/c27-24-13(8-12-3-4-14(32)9-18(12)30-24)11-31-19-10-17(28)15-5-7-34-23(15)21(19)20-16-2-1-6-29-25(16)35-26(33)22(20)31/h1-4,6,8-10,32H,5,7,11H2. The first-order valence-electron chi connectivity index (χ1n) is 11.0. The Morgan fingerprint density at radius 3 is 2.94 bits per heavy atom. The molecule has 6 aromatic rings. The minimum absolute atomic E-state index is 0.0821. The zero-order valence-corrected chi connectivity index (χ0v) is 18.8. The van der Waals surface area contributed by atoms with Crippen molar-refractivity contribution in [1.82, 2.24) is 14.5 Å². The van der Waals surface area contributed by atoms with E-state index in [-0.39, 0.29) is 34.5 Å². The van der Waals surface area contributed by atoms with E-state index in [9.17, 15) is 9.90 Å². The van der Waals surface area contributed by atoms with Gasteiger partial charge in [0.1, 0.15) is 28.0 Å². The van der Waals surface area contributed by atoms with Crippen LogP contribution in [0.3, 0.4) is 0 Å². The molecule has 0 unspecified atom stereocenters. The molecule has 0 fully saturated rings. The minimum Gasteiger partial charge on any atom is -0.508 e. The van der Waals surface area contributed by atoms with E-state index in [1.807, 2.05) is 12.1 Å². The fraction of sp³-hybridized carbons (Fsp3) is 0.115. The average molecular weight is 488 g/mol. The molecule has 7 nitrogen and oxygen atoms in total. The summed E-state index contributed by atoms with van der Waals surface area (Å²) in [6, 6.07) is 11.7. The fourth-order valence-electron chi connectivity index (χ4n) is 5.02. The predicted octanol–water partition coefficient (Wildman–Crippen LogP) is 5.33. The first-order valence-corrected chi connectivity index (χ1v) is 11.3. The summed E-state index contributed by atoms with van der Waals surface area (Å²) in [7, 11) is 0. The molecule has 5 heterocycles. The van der Waals surface area contributed by atoms with Crippen molar-refractivity contribution in [2.24, 2.45) is 0 Å². The van der Waals surface area contributed by atoms with Gasteiger partial charge in [-0.05, 0) is 36.4 Å². The van der Waals surface area contributed by atoms with Crippen LogP contribution in [0.4, 0.5) is 4.39 Å². The van der Waals surface area contributed by atoms with Gasteiger partial charge in [-0.15, -0.1) is 0 Å². The van der Waals surface area contributed by atoms with Crippen molar-refractivity contribution in [2.75, 3.05) is 6.61 Å². The molecule has 2 aromatic carbocycles. The number of rotatable bonds is 2. The van der Waals surface area contributed by atoms with E-state index in [0.717, 1.165) is 5.39 Å². The van der Waals surface area contributed by atoms with E-state index in [1.165, 1.54) is 12.1 Å². The lowest BCUT2D eigenvalue weighted by molar-refractivity contribution is 0.360. The summed E-state index contributed by atoms with van der Waals surface area (Å²) in [6.07, 6.45) is 2.00. The Hall–Kier alpha value is -4.17. The van der Waals surface area contributed by atoms with Crippen molar-refractivity contribution in [2.45, 2.75) is 13.0 Å². The molecule has 0 amide bonds. The van der Waals surface area contributed by atoms with Gasteiger partial charge in [-0.3, -0.25) is 0 Å². The zero-order chi connectivity index (χ0) is 23.8. The van der Waals surface area contributed by atoms with Crippen LogP contribution in [0.5, 0.6) is 11.5 Å². The quantitative estimate of drug-likeness (QED) is 0.332. The number of phenolic OH excluding ortho intramolecular Hbond substituents is 1. The molecule has 4 aromatic heterocycles. The van der Waals surface area contributed by atoms with Crippen molar-refractivity contribution < 1.29 is 18.7 Å². The second kappa shape index (κ2) is 7.16. The largest absolute Gasteiger partial charge is 0.508 e. The number of aromatic nitrogens is 3. The summed E-state index contributed by atoms with van der Waals surface area (Å²) in [6.45, 7) is 0.500. The molecule has 0 saturated heterocycles. The van der Waals surface area contributed by atoms with Crippen molar-refractivity contribution in [3.05, 3.63) is 81.2 Å². The second-order valence-corrected chi connectivity index (χ2v) is 8.89. The number of pyridine rings is 2. The number of nitrogens with zero attached hydrogens (tertiary/aromatic N) is 3. The van der Waals surface area contributed by atoms with E-state index in [1.54, 1.807) is 29.0 Å². The van der Waals surface area contributed by atoms with E-state index < -0.39 is 5.63 Å². The van der Waals surface area contributed by atoms with Gasteiger partial charge < -0.3 is 18.8 Å². The number of ether oxygens (including phenoxy) is 1. The molecule has 172 valence electrons. The number of benzene rings is 2. The number of phenols is 1. The third-order valence-corrected chi connectivity index (χ3v) is 6.86. The van der Waals surface area contributed by atoms with E-state index in [2.05, 4.69) is 9.97 Å². The van der Waals surface area contributed by atoms with Crippen molar-refractivity contribution in [1.29, 1.82) is 0 Å². The lowest BCUT2D eigenvalue weighted by Crippen LogP contribution is -2.09. The van der Waals surface area contributed by atoms with Crippen LogP contribution < -0.4 is 10.4 Å². The van der Waals surface area contributed by atoms with Crippen LogP contribution >= 0.6 is 11.6 Å². The molecular weight excluding hydrogens is 473 g/mol. The molecule has 0 aliphatic carbocycles. The molecule has 0 atom stereocenters. The average Bonchev–Trinajstić information content (AvgIpc) is 3.44. The smallest absolute Gasteiger partial charge is 0.362 e. The monoisotopic (exact) mass is 487 g/mol. The zero-order valence-electron chi connectivity index (χ0n) is 18.0. The van der Waals surface area contributed by atoms with Gasteiger partial charge in [0, 0.05) is 46.0 Å². The second-order valence-electron chi connectivity index (χ2n) is 8.53. The minimum atomic E-state index is -0.593. The van der Waals surface area contributed by atoms with Crippen LogP contribution in [0.2, 0.25) is 5.15 Å². The van der Waals surface area contributed by atoms with Crippen molar-refractivity contribution in [3.8, 4) is 11.5 Å². The Bertz CT molecular complexity index is 1930. The number of aromatic hydroxyl groups is 1.